The number of benzene rings is 1. The highest BCUT2D eigenvalue weighted by Crippen LogP contribution is 2.53. The number of rotatable bonds is 4. The fourth-order valence-electron chi connectivity index (χ4n) is 4.21. The highest BCUT2D eigenvalue weighted by Gasteiger charge is 2.45. The van der Waals surface area contributed by atoms with Crippen LogP contribution in [0, 0.1) is 5.41 Å². The maximum Gasteiger partial charge on any atom is 0.251 e. The number of hydrogen-bond acceptors (Lipinski definition) is 3. The Kier molecular flexibility index (Phi) is 4.66. The van der Waals surface area contributed by atoms with Crippen LogP contribution < -0.4 is 10.2 Å². The highest BCUT2D eigenvalue weighted by atomic mass is 16.2. The van der Waals surface area contributed by atoms with E-state index >= 15 is 0 Å². The molecule has 1 saturated carbocycles. The normalized spacial score (nSPS) is 22.0. The summed E-state index contributed by atoms with van der Waals surface area (Å²) in [6.07, 6.45) is 6.25. The molecule has 4 rings (SSSR count). The second-order valence-corrected chi connectivity index (χ2v) is 8.22. The summed E-state index contributed by atoms with van der Waals surface area (Å²) in [7, 11) is 0. The summed E-state index contributed by atoms with van der Waals surface area (Å²) in [4.78, 5) is 40.6. The average molecular weight is 369 g/mol. The number of carbonyl (C=O) groups excluding carboxylic acids is 3. The van der Waals surface area contributed by atoms with Crippen molar-refractivity contribution in [3.05, 3.63) is 29.8 Å². The van der Waals surface area contributed by atoms with Gasteiger partial charge < -0.3 is 15.1 Å². The lowest BCUT2D eigenvalue weighted by Crippen LogP contribution is -2.49. The number of nitrogens with one attached hydrogen (secondary N) is 1. The number of likely N-dealkylation sites (tertiary alicyclic amines) is 1. The van der Waals surface area contributed by atoms with Crippen LogP contribution >= 0.6 is 0 Å². The SMILES string of the molecule is C[C@H](NC(=O)c1ccc(N2CCCC2=O)cc1)C(=O)N1CCC2(CC1)CC2. The summed E-state index contributed by atoms with van der Waals surface area (Å²) >= 11 is 0. The molecule has 6 nitrogen and oxygen atoms in total. The van der Waals surface area contributed by atoms with Gasteiger partial charge in [0.1, 0.15) is 6.04 Å². The standard InChI is InChI=1S/C21H27N3O3/c1-15(20(27)23-13-10-21(8-9-21)11-14-23)22-19(26)16-4-6-17(7-5-16)24-12-2-3-18(24)25/h4-7,15H,2-3,8-14H2,1H3,(H,22,26)/t15-/m0/s1. The van der Waals surface area contributed by atoms with Gasteiger partial charge in [-0.1, -0.05) is 0 Å². The van der Waals surface area contributed by atoms with E-state index in [1.54, 1.807) is 36.1 Å². The summed E-state index contributed by atoms with van der Waals surface area (Å²) in [6.45, 7) is 4.08. The Hall–Kier alpha value is -2.37. The van der Waals surface area contributed by atoms with Crippen molar-refractivity contribution < 1.29 is 14.4 Å². The average Bonchev–Trinajstić information content (AvgIpc) is 3.29. The first-order valence-electron chi connectivity index (χ1n) is 9.98. The Morgan fingerprint density at radius 3 is 2.26 bits per heavy atom. The van der Waals surface area contributed by atoms with Crippen LogP contribution in [0.3, 0.4) is 0 Å². The molecule has 144 valence electrons. The van der Waals surface area contributed by atoms with Gasteiger partial charge in [-0.15, -0.1) is 0 Å². The molecule has 0 radical (unpaired) electrons. The highest BCUT2D eigenvalue weighted by molar-refractivity contribution is 5.99. The first kappa shape index (κ1) is 18.0. The lowest BCUT2D eigenvalue weighted by atomic mass is 9.93. The van der Waals surface area contributed by atoms with Crippen LogP contribution in [0.1, 0.15) is 55.8 Å². The molecule has 1 atom stereocenters. The molecule has 1 aliphatic carbocycles. The van der Waals surface area contributed by atoms with Crippen LogP contribution in [0.5, 0.6) is 0 Å². The monoisotopic (exact) mass is 369 g/mol. The number of nitrogens with zero attached hydrogens (tertiary/aromatic N) is 2. The molecule has 0 aromatic heterocycles. The van der Waals surface area contributed by atoms with Crippen LogP contribution in [0.25, 0.3) is 0 Å². The Labute approximate surface area is 159 Å². The molecular formula is C21H27N3O3. The molecular weight excluding hydrogens is 342 g/mol. The molecule has 3 aliphatic rings. The maximum atomic E-state index is 12.6. The van der Waals surface area contributed by atoms with Gasteiger partial charge in [-0.3, -0.25) is 14.4 Å². The minimum Gasteiger partial charge on any atom is -0.341 e. The zero-order chi connectivity index (χ0) is 19.0. The zero-order valence-electron chi connectivity index (χ0n) is 15.9. The van der Waals surface area contributed by atoms with Gasteiger partial charge in [-0.25, -0.2) is 0 Å². The van der Waals surface area contributed by atoms with E-state index in [0.29, 0.717) is 17.4 Å². The number of amides is 3. The molecule has 1 aromatic rings. The summed E-state index contributed by atoms with van der Waals surface area (Å²) in [5, 5.41) is 2.82. The van der Waals surface area contributed by atoms with Gasteiger partial charge in [-0.05, 0) is 68.7 Å². The van der Waals surface area contributed by atoms with Crippen molar-refractivity contribution in [1.82, 2.24) is 10.2 Å². The lowest BCUT2D eigenvalue weighted by Gasteiger charge is -2.33. The summed E-state index contributed by atoms with van der Waals surface area (Å²) in [5.41, 5.74) is 1.85. The summed E-state index contributed by atoms with van der Waals surface area (Å²) < 4.78 is 0. The quantitative estimate of drug-likeness (QED) is 0.886. The van der Waals surface area contributed by atoms with E-state index in [4.69, 9.17) is 0 Å². The zero-order valence-corrected chi connectivity index (χ0v) is 15.9. The number of anilines is 1. The summed E-state index contributed by atoms with van der Waals surface area (Å²) in [5.74, 6) is -0.134. The Balaban J connectivity index is 1.32. The van der Waals surface area contributed by atoms with Crippen molar-refractivity contribution in [2.45, 2.75) is 51.5 Å². The lowest BCUT2D eigenvalue weighted by molar-refractivity contribution is -0.134. The van der Waals surface area contributed by atoms with Crippen LogP contribution in [-0.4, -0.2) is 48.3 Å². The second-order valence-electron chi connectivity index (χ2n) is 8.22. The largest absolute Gasteiger partial charge is 0.341 e. The van der Waals surface area contributed by atoms with E-state index < -0.39 is 6.04 Å². The van der Waals surface area contributed by atoms with Crippen LogP contribution in [0.2, 0.25) is 0 Å². The van der Waals surface area contributed by atoms with Gasteiger partial charge in [0.15, 0.2) is 0 Å². The van der Waals surface area contributed by atoms with Gasteiger partial charge in [0.2, 0.25) is 11.8 Å². The van der Waals surface area contributed by atoms with Crippen molar-refractivity contribution in [2.24, 2.45) is 5.41 Å². The molecule has 2 aliphatic heterocycles. The van der Waals surface area contributed by atoms with Crippen molar-refractivity contribution in [3.8, 4) is 0 Å². The predicted molar refractivity (Wildman–Crippen MR) is 102 cm³/mol. The third-order valence-corrected chi connectivity index (χ3v) is 6.33. The van der Waals surface area contributed by atoms with E-state index in [1.807, 2.05) is 4.90 Å². The van der Waals surface area contributed by atoms with Crippen molar-refractivity contribution >= 4 is 23.4 Å². The fraction of sp³-hybridized carbons (Fsp3) is 0.571. The van der Waals surface area contributed by atoms with Crippen molar-refractivity contribution in [1.29, 1.82) is 0 Å². The Morgan fingerprint density at radius 2 is 1.70 bits per heavy atom. The van der Waals surface area contributed by atoms with Gasteiger partial charge >= 0.3 is 0 Å². The maximum absolute atomic E-state index is 12.6. The van der Waals surface area contributed by atoms with Crippen molar-refractivity contribution in [2.75, 3.05) is 24.5 Å². The van der Waals surface area contributed by atoms with Crippen LogP contribution in [0.15, 0.2) is 24.3 Å². The molecule has 0 bridgehead atoms. The minimum absolute atomic E-state index is 0.00173. The third kappa shape index (κ3) is 3.70. The smallest absolute Gasteiger partial charge is 0.251 e. The van der Waals surface area contributed by atoms with Crippen molar-refractivity contribution in [3.63, 3.8) is 0 Å². The predicted octanol–water partition coefficient (Wildman–Crippen LogP) is 2.33. The molecule has 1 N–H and O–H groups in total. The second kappa shape index (κ2) is 6.98. The van der Waals surface area contributed by atoms with Crippen LogP contribution in [0.4, 0.5) is 5.69 Å². The van der Waals surface area contributed by atoms with Crippen LogP contribution in [-0.2, 0) is 9.59 Å². The van der Waals surface area contributed by atoms with Gasteiger partial charge in [0.25, 0.3) is 5.91 Å². The molecule has 0 unspecified atom stereocenters. The molecule has 1 aromatic carbocycles. The van der Waals surface area contributed by atoms with Gasteiger partial charge in [0.05, 0.1) is 0 Å². The van der Waals surface area contributed by atoms with E-state index in [2.05, 4.69) is 5.32 Å². The molecule has 6 heteroatoms. The first-order chi connectivity index (χ1) is 13.0. The first-order valence-corrected chi connectivity index (χ1v) is 9.98. The molecule has 3 amide bonds. The fourth-order valence-corrected chi connectivity index (χ4v) is 4.21. The van der Waals surface area contributed by atoms with Gasteiger partial charge in [0, 0.05) is 37.3 Å². The molecule has 1 spiro atoms. The number of piperidine rings is 1. The number of carbonyl (C=O) groups is 3. The topological polar surface area (TPSA) is 69.7 Å². The molecule has 2 saturated heterocycles. The Bertz CT molecular complexity index is 744. The third-order valence-electron chi connectivity index (χ3n) is 6.33. The van der Waals surface area contributed by atoms with E-state index in [9.17, 15) is 14.4 Å². The summed E-state index contributed by atoms with van der Waals surface area (Å²) in [6, 6.07) is 6.48. The molecule has 3 fully saturated rings. The molecule has 2 heterocycles. The Morgan fingerprint density at radius 1 is 1.04 bits per heavy atom. The van der Waals surface area contributed by atoms with E-state index in [0.717, 1.165) is 44.6 Å². The number of hydrogen-bond donors (Lipinski definition) is 1. The van der Waals surface area contributed by atoms with E-state index in [1.165, 1.54) is 12.8 Å². The molecule has 27 heavy (non-hydrogen) atoms. The van der Waals surface area contributed by atoms with Gasteiger partial charge in [-0.2, -0.15) is 0 Å². The minimum atomic E-state index is -0.536. The van der Waals surface area contributed by atoms with E-state index in [-0.39, 0.29) is 17.7 Å².